The summed E-state index contributed by atoms with van der Waals surface area (Å²) >= 11 is 0. The molecule has 0 saturated heterocycles. The van der Waals surface area contributed by atoms with Gasteiger partial charge in [-0.15, -0.1) is 0 Å². The molecule has 9 heteroatoms. The van der Waals surface area contributed by atoms with Crippen LogP contribution in [0.25, 0.3) is 11.1 Å². The van der Waals surface area contributed by atoms with Crippen molar-refractivity contribution in [2.24, 2.45) is 0 Å². The van der Waals surface area contributed by atoms with Crippen LogP contribution in [0.2, 0.25) is 0 Å². The van der Waals surface area contributed by atoms with E-state index in [2.05, 4.69) is 10.3 Å². The van der Waals surface area contributed by atoms with Crippen LogP contribution in [-0.4, -0.2) is 49.4 Å². The Kier molecular flexibility index (Phi) is 10.1. The van der Waals surface area contributed by atoms with Crippen LogP contribution in [0.1, 0.15) is 20.3 Å². The Morgan fingerprint density at radius 2 is 1.84 bits per heavy atom. The normalized spacial score (nSPS) is 12.1. The topological polar surface area (TPSA) is 93.8 Å². The van der Waals surface area contributed by atoms with Gasteiger partial charge >= 0.3 is 41.5 Å². The molecule has 3 aromatic carbocycles. The van der Waals surface area contributed by atoms with E-state index in [4.69, 9.17) is 19.0 Å². The molecule has 0 radical (unpaired) electrons. The van der Waals surface area contributed by atoms with Gasteiger partial charge in [0.1, 0.15) is 22.7 Å². The quantitative estimate of drug-likeness (QED) is 0.170. The second-order valence-electron chi connectivity index (χ2n) is 9.04. The number of oxazole rings is 1. The molecule has 37 heavy (non-hydrogen) atoms. The number of benzene rings is 3. The minimum atomic E-state index is -0.988. The fraction of sp³-hybridized carbons (Fsp3) is 0.286. The maximum absolute atomic E-state index is 11.0. The molecule has 8 nitrogen and oxygen atoms in total. The second kappa shape index (κ2) is 13.1. The van der Waals surface area contributed by atoms with Gasteiger partial charge in [0, 0.05) is 12.6 Å². The molecule has 1 atom stereocenters. The number of aliphatic carboxylic acids is 1. The molecule has 1 heterocycles. The summed E-state index contributed by atoms with van der Waals surface area (Å²) in [6.45, 7) is 3.52. The minimum Gasteiger partial charge on any atom is -1.00 e. The number of nitrogens with zero attached hydrogens (tertiary/aromatic N) is 2. The fourth-order valence-electron chi connectivity index (χ4n) is 3.73. The number of carbonyl (C=O) groups is 1. The average molecular weight is 515 g/mol. The molecule has 0 aliphatic carbocycles. The number of aromatic nitrogens is 1. The number of fused-ring (bicyclic) bond motifs is 1. The Hall–Kier alpha value is -2.88. The third-order valence-electron chi connectivity index (χ3n) is 5.88. The van der Waals surface area contributed by atoms with Crippen molar-refractivity contribution in [1.82, 2.24) is 14.8 Å². The van der Waals surface area contributed by atoms with Crippen molar-refractivity contribution in [2.45, 2.75) is 26.0 Å². The number of ether oxygens (including phenoxy) is 2. The van der Waals surface area contributed by atoms with E-state index >= 15 is 0 Å². The Morgan fingerprint density at radius 1 is 1.08 bits per heavy atom. The Bertz CT molecular complexity index is 1300. The predicted octanol–water partition coefficient (Wildman–Crippen LogP) is 2.25. The summed E-state index contributed by atoms with van der Waals surface area (Å²) in [5.74, 6) is 0.358. The van der Waals surface area contributed by atoms with Crippen molar-refractivity contribution in [2.75, 3.05) is 27.2 Å². The molecule has 0 spiro atoms. The summed E-state index contributed by atoms with van der Waals surface area (Å²) in [6.07, 6.45) is -0.0527. The summed E-state index contributed by atoms with van der Waals surface area (Å²) in [7, 11) is 4.08. The molecule has 4 aromatic rings. The van der Waals surface area contributed by atoms with E-state index in [1.807, 2.05) is 80.8 Å². The van der Waals surface area contributed by atoms with E-state index in [9.17, 15) is 4.79 Å². The first-order valence-electron chi connectivity index (χ1n) is 12.0. The van der Waals surface area contributed by atoms with Crippen LogP contribution < -0.4 is 48.8 Å². The summed E-state index contributed by atoms with van der Waals surface area (Å²) < 4.78 is 17.8. The van der Waals surface area contributed by atoms with E-state index in [-0.39, 0.29) is 31.0 Å². The van der Waals surface area contributed by atoms with E-state index in [0.29, 0.717) is 29.4 Å². The summed E-state index contributed by atoms with van der Waals surface area (Å²) in [4.78, 5) is 15.6. The van der Waals surface area contributed by atoms with E-state index < -0.39 is 12.1 Å². The summed E-state index contributed by atoms with van der Waals surface area (Å²) in [6, 6.07) is 23.8. The van der Waals surface area contributed by atoms with Gasteiger partial charge in [-0.2, -0.15) is 4.98 Å². The van der Waals surface area contributed by atoms with Crippen LogP contribution in [0.5, 0.6) is 11.5 Å². The van der Waals surface area contributed by atoms with Crippen LogP contribution in [0.4, 0.5) is 11.7 Å². The van der Waals surface area contributed by atoms with Gasteiger partial charge in [-0.1, -0.05) is 30.3 Å². The molecular weight excluding hydrogens is 481 g/mol. The molecule has 1 aromatic heterocycles. The van der Waals surface area contributed by atoms with E-state index in [1.54, 1.807) is 6.07 Å². The molecule has 0 amide bonds. The van der Waals surface area contributed by atoms with Gasteiger partial charge in [0.05, 0.1) is 20.7 Å². The number of carboxylic acid groups (broad SMARTS) is 1. The largest absolute Gasteiger partial charge is 1.00 e. The zero-order valence-corrected chi connectivity index (χ0v) is 23.8. The van der Waals surface area contributed by atoms with Gasteiger partial charge in [-0.05, 0) is 61.9 Å². The molecule has 4 rings (SSSR count). The zero-order chi connectivity index (χ0) is 25.5. The predicted molar refractivity (Wildman–Crippen MR) is 141 cm³/mol. The maximum atomic E-state index is 11.0. The number of carboxylic acids is 1. The Morgan fingerprint density at radius 3 is 2.62 bits per heavy atom. The number of nitrogens with one attached hydrogen (secondary N) is 1. The van der Waals surface area contributed by atoms with Crippen molar-refractivity contribution in [1.29, 1.82) is 0 Å². The number of hydrogen-bond donors (Lipinski definition) is 2. The summed E-state index contributed by atoms with van der Waals surface area (Å²) in [5, 5.41) is 12.4. The van der Waals surface area contributed by atoms with Crippen LogP contribution in [0, 0.1) is 0 Å². The SMILES string of the molecule is CC(Oc1cccc(CNCCCOc2cccc([N+](C)(C)c3nc4ccccc4o3)c2)c1)C(=O)O.[H-].[Na+]. The van der Waals surface area contributed by atoms with Gasteiger partial charge in [0.2, 0.25) is 0 Å². The molecule has 0 fully saturated rings. The van der Waals surface area contributed by atoms with Crippen molar-refractivity contribution in [3.05, 3.63) is 78.4 Å². The van der Waals surface area contributed by atoms with Crippen LogP contribution in [-0.2, 0) is 11.3 Å². The van der Waals surface area contributed by atoms with Gasteiger partial charge in [0.25, 0.3) is 0 Å². The smallest absolute Gasteiger partial charge is 1.00 e. The molecule has 0 aliphatic heterocycles. The van der Waals surface area contributed by atoms with Crippen molar-refractivity contribution in [3.8, 4) is 11.5 Å². The van der Waals surface area contributed by atoms with Crippen LogP contribution >= 0.6 is 0 Å². The first-order valence-corrected chi connectivity index (χ1v) is 12.0. The van der Waals surface area contributed by atoms with Crippen molar-refractivity contribution >= 4 is 28.8 Å². The molecule has 2 N–H and O–H groups in total. The monoisotopic (exact) mass is 514 g/mol. The molecule has 0 saturated carbocycles. The maximum Gasteiger partial charge on any atom is 1.00 e. The summed E-state index contributed by atoms with van der Waals surface area (Å²) in [5.41, 5.74) is 3.65. The number of quaternary nitrogens is 1. The molecule has 0 aliphatic rings. The van der Waals surface area contributed by atoms with E-state index in [0.717, 1.165) is 41.1 Å². The number of hydrogen-bond acceptors (Lipinski definition) is 6. The van der Waals surface area contributed by atoms with Crippen LogP contribution in [0.3, 0.4) is 0 Å². The first-order chi connectivity index (χ1) is 17.3. The van der Waals surface area contributed by atoms with Gasteiger partial charge in [0.15, 0.2) is 11.7 Å². The van der Waals surface area contributed by atoms with Gasteiger partial charge in [-0.3, -0.25) is 0 Å². The minimum absolute atomic E-state index is 0. The van der Waals surface area contributed by atoms with Crippen molar-refractivity contribution in [3.63, 3.8) is 0 Å². The average Bonchev–Trinajstić information content (AvgIpc) is 3.32. The standard InChI is InChI=1S/C28H31N3O5.Na.H/c1-20(27(32)33)35-24-12-6-9-21(17-24)19-29-15-8-16-34-23-11-7-10-22(18-23)31(2,3)28-30-25-13-4-5-14-26(25)36-28;;/h4-7,9-14,17-18,20,29H,8,15-16,19H2,1-3H3;;/q;+1;-1/p+1. The molecule has 1 unspecified atom stereocenters. The number of rotatable bonds is 12. The van der Waals surface area contributed by atoms with Gasteiger partial charge in [-0.25, -0.2) is 9.28 Å². The molecular formula is C28H33N3NaO5+. The van der Waals surface area contributed by atoms with Crippen LogP contribution in [0.15, 0.2) is 77.2 Å². The zero-order valence-electron chi connectivity index (χ0n) is 22.8. The Balaban J connectivity index is 0.00000253. The third kappa shape index (κ3) is 7.56. The Labute approximate surface area is 240 Å². The second-order valence-corrected chi connectivity index (χ2v) is 9.04. The van der Waals surface area contributed by atoms with Gasteiger partial charge < -0.3 is 25.7 Å². The molecule has 190 valence electrons. The van der Waals surface area contributed by atoms with E-state index in [1.165, 1.54) is 6.92 Å². The first kappa shape index (κ1) is 28.7. The molecule has 0 bridgehead atoms. The van der Waals surface area contributed by atoms with Crippen molar-refractivity contribution < 1.29 is 54.8 Å². The third-order valence-corrected chi connectivity index (χ3v) is 5.88. The number of para-hydroxylation sites is 2. The fourth-order valence-corrected chi connectivity index (χ4v) is 3.73.